The van der Waals surface area contributed by atoms with Gasteiger partial charge in [-0.25, -0.2) is 4.98 Å². The number of imidazole rings is 1. The summed E-state index contributed by atoms with van der Waals surface area (Å²) < 4.78 is 5.80. The lowest BCUT2D eigenvalue weighted by Gasteiger charge is -2.10. The standard InChI is InChI=1S/C12H13N3O/c1-2-4-11-9(3-1)7-10(16-11)8-15-12-13-5-6-14-12/h1-6,10H,7-8H2,(H2,13,14,15). The van der Waals surface area contributed by atoms with Crippen LogP contribution in [0.15, 0.2) is 36.7 Å². The Hall–Kier alpha value is -1.97. The Kier molecular flexibility index (Phi) is 2.25. The van der Waals surface area contributed by atoms with Crippen LogP contribution < -0.4 is 10.1 Å². The van der Waals surface area contributed by atoms with Gasteiger partial charge < -0.3 is 15.0 Å². The minimum absolute atomic E-state index is 0.197. The van der Waals surface area contributed by atoms with Crippen molar-refractivity contribution in [3.8, 4) is 5.75 Å². The van der Waals surface area contributed by atoms with E-state index in [1.165, 1.54) is 5.56 Å². The Labute approximate surface area is 93.7 Å². The molecule has 16 heavy (non-hydrogen) atoms. The monoisotopic (exact) mass is 215 g/mol. The van der Waals surface area contributed by atoms with E-state index in [0.717, 1.165) is 24.7 Å². The van der Waals surface area contributed by atoms with Gasteiger partial charge in [-0.15, -0.1) is 0 Å². The SMILES string of the molecule is c1ccc2c(c1)CC(CNc1ncc[nH]1)O2. The maximum absolute atomic E-state index is 5.80. The van der Waals surface area contributed by atoms with Crippen LogP contribution in [0.4, 0.5) is 5.95 Å². The fraction of sp³-hybridized carbons (Fsp3) is 0.250. The number of anilines is 1. The number of nitrogens with one attached hydrogen (secondary N) is 2. The number of hydrogen-bond donors (Lipinski definition) is 2. The van der Waals surface area contributed by atoms with E-state index in [2.05, 4.69) is 21.4 Å². The van der Waals surface area contributed by atoms with Gasteiger partial charge in [0.2, 0.25) is 0 Å². The molecule has 1 unspecified atom stereocenters. The van der Waals surface area contributed by atoms with E-state index in [9.17, 15) is 0 Å². The maximum Gasteiger partial charge on any atom is 0.200 e. The highest BCUT2D eigenvalue weighted by Crippen LogP contribution is 2.27. The van der Waals surface area contributed by atoms with Crippen molar-refractivity contribution >= 4 is 5.95 Å². The topological polar surface area (TPSA) is 49.9 Å². The number of hydrogen-bond acceptors (Lipinski definition) is 3. The fourth-order valence-electron chi connectivity index (χ4n) is 1.94. The summed E-state index contributed by atoms with van der Waals surface area (Å²) in [6.45, 7) is 0.766. The highest BCUT2D eigenvalue weighted by Gasteiger charge is 2.21. The van der Waals surface area contributed by atoms with Crippen molar-refractivity contribution < 1.29 is 4.74 Å². The largest absolute Gasteiger partial charge is 0.488 e. The summed E-state index contributed by atoms with van der Waals surface area (Å²) in [5, 5.41) is 3.21. The molecule has 2 heterocycles. The Morgan fingerprint density at radius 3 is 3.19 bits per heavy atom. The number of H-pyrrole nitrogens is 1. The van der Waals surface area contributed by atoms with Crippen LogP contribution in [0.2, 0.25) is 0 Å². The van der Waals surface area contributed by atoms with Gasteiger partial charge in [-0.1, -0.05) is 18.2 Å². The number of aromatic amines is 1. The summed E-state index contributed by atoms with van der Waals surface area (Å²) in [4.78, 5) is 7.11. The van der Waals surface area contributed by atoms with E-state index in [1.807, 2.05) is 18.2 Å². The first kappa shape index (κ1) is 9.27. The maximum atomic E-state index is 5.80. The van der Waals surface area contributed by atoms with Crippen molar-refractivity contribution in [1.29, 1.82) is 0 Å². The van der Waals surface area contributed by atoms with Crippen molar-refractivity contribution in [3.63, 3.8) is 0 Å². The molecule has 3 rings (SSSR count). The molecule has 0 aliphatic carbocycles. The first-order valence-electron chi connectivity index (χ1n) is 5.39. The second kappa shape index (κ2) is 3.89. The molecule has 0 amide bonds. The predicted molar refractivity (Wildman–Crippen MR) is 61.6 cm³/mol. The summed E-state index contributed by atoms with van der Waals surface area (Å²) in [6, 6.07) is 8.18. The summed E-state index contributed by atoms with van der Waals surface area (Å²) in [6.07, 6.45) is 4.69. The van der Waals surface area contributed by atoms with Gasteiger partial charge in [0.15, 0.2) is 5.95 Å². The van der Waals surface area contributed by atoms with Crippen molar-refractivity contribution in [2.75, 3.05) is 11.9 Å². The zero-order chi connectivity index (χ0) is 10.8. The molecule has 0 saturated carbocycles. The van der Waals surface area contributed by atoms with Gasteiger partial charge >= 0.3 is 0 Å². The number of aromatic nitrogens is 2. The van der Waals surface area contributed by atoms with Crippen LogP contribution in [0.1, 0.15) is 5.56 Å². The molecule has 2 N–H and O–H groups in total. The molecule has 0 spiro atoms. The molecule has 0 radical (unpaired) electrons. The molecule has 1 aromatic carbocycles. The first-order valence-corrected chi connectivity index (χ1v) is 5.39. The van der Waals surface area contributed by atoms with Gasteiger partial charge in [0.25, 0.3) is 0 Å². The molecule has 1 aliphatic rings. The highest BCUT2D eigenvalue weighted by atomic mass is 16.5. The number of rotatable bonds is 3. The summed E-state index contributed by atoms with van der Waals surface area (Å²) >= 11 is 0. The lowest BCUT2D eigenvalue weighted by Crippen LogP contribution is -2.24. The van der Waals surface area contributed by atoms with E-state index in [4.69, 9.17) is 4.74 Å². The van der Waals surface area contributed by atoms with Crippen LogP contribution in [0.25, 0.3) is 0 Å². The predicted octanol–water partition coefficient (Wildman–Crippen LogP) is 1.83. The molecule has 82 valence electrons. The molecule has 1 aliphatic heterocycles. The molecule has 1 aromatic heterocycles. The van der Waals surface area contributed by atoms with Crippen molar-refractivity contribution in [2.45, 2.75) is 12.5 Å². The number of benzene rings is 1. The van der Waals surface area contributed by atoms with E-state index in [-0.39, 0.29) is 6.10 Å². The molecule has 0 fully saturated rings. The van der Waals surface area contributed by atoms with Crippen LogP contribution in [0.5, 0.6) is 5.75 Å². The molecule has 4 nitrogen and oxygen atoms in total. The van der Waals surface area contributed by atoms with Crippen LogP contribution >= 0.6 is 0 Å². The van der Waals surface area contributed by atoms with E-state index < -0.39 is 0 Å². The van der Waals surface area contributed by atoms with Gasteiger partial charge in [-0.3, -0.25) is 0 Å². The van der Waals surface area contributed by atoms with Crippen LogP contribution in [-0.2, 0) is 6.42 Å². The second-order valence-corrected chi connectivity index (χ2v) is 3.87. The van der Waals surface area contributed by atoms with E-state index >= 15 is 0 Å². The van der Waals surface area contributed by atoms with Crippen LogP contribution in [-0.4, -0.2) is 22.6 Å². The minimum Gasteiger partial charge on any atom is -0.488 e. The normalized spacial score (nSPS) is 17.9. The average Bonchev–Trinajstić information content (AvgIpc) is 2.95. The van der Waals surface area contributed by atoms with Gasteiger partial charge in [-0.05, 0) is 11.6 Å². The third-order valence-electron chi connectivity index (χ3n) is 2.71. The fourth-order valence-corrected chi connectivity index (χ4v) is 1.94. The average molecular weight is 215 g/mol. The Bertz CT molecular complexity index is 442. The Balaban J connectivity index is 1.60. The smallest absolute Gasteiger partial charge is 0.200 e. The molecule has 2 aromatic rings. The van der Waals surface area contributed by atoms with Gasteiger partial charge in [0, 0.05) is 18.8 Å². The van der Waals surface area contributed by atoms with Gasteiger partial charge in [0.1, 0.15) is 11.9 Å². The summed E-state index contributed by atoms with van der Waals surface area (Å²) in [7, 11) is 0. The van der Waals surface area contributed by atoms with Gasteiger partial charge in [-0.2, -0.15) is 0 Å². The number of fused-ring (bicyclic) bond motifs is 1. The molecule has 0 saturated heterocycles. The van der Waals surface area contributed by atoms with Crippen LogP contribution in [0, 0.1) is 0 Å². The zero-order valence-electron chi connectivity index (χ0n) is 8.81. The number of ether oxygens (including phenoxy) is 1. The third-order valence-corrected chi connectivity index (χ3v) is 2.71. The number of nitrogens with zero attached hydrogens (tertiary/aromatic N) is 1. The summed E-state index contributed by atoms with van der Waals surface area (Å²) in [5.74, 6) is 1.80. The van der Waals surface area contributed by atoms with Crippen LogP contribution in [0.3, 0.4) is 0 Å². The lowest BCUT2D eigenvalue weighted by atomic mass is 10.1. The number of para-hydroxylation sites is 1. The van der Waals surface area contributed by atoms with Crippen molar-refractivity contribution in [2.24, 2.45) is 0 Å². The van der Waals surface area contributed by atoms with E-state index in [1.54, 1.807) is 12.4 Å². The van der Waals surface area contributed by atoms with Crippen molar-refractivity contribution in [1.82, 2.24) is 9.97 Å². The molecule has 1 atom stereocenters. The highest BCUT2D eigenvalue weighted by molar-refractivity contribution is 5.38. The minimum atomic E-state index is 0.197. The molecule has 0 bridgehead atoms. The van der Waals surface area contributed by atoms with Gasteiger partial charge in [0.05, 0.1) is 6.54 Å². The quantitative estimate of drug-likeness (QED) is 0.821. The Morgan fingerprint density at radius 1 is 1.44 bits per heavy atom. The van der Waals surface area contributed by atoms with E-state index in [0.29, 0.717) is 0 Å². The van der Waals surface area contributed by atoms with Crippen molar-refractivity contribution in [3.05, 3.63) is 42.2 Å². The molecular weight excluding hydrogens is 202 g/mol. The second-order valence-electron chi connectivity index (χ2n) is 3.87. The zero-order valence-corrected chi connectivity index (χ0v) is 8.81. The first-order chi connectivity index (χ1) is 7.92. The Morgan fingerprint density at radius 2 is 2.38 bits per heavy atom. The molecular formula is C12H13N3O. The third kappa shape index (κ3) is 1.74. The lowest BCUT2D eigenvalue weighted by molar-refractivity contribution is 0.246. The summed E-state index contributed by atoms with van der Waals surface area (Å²) in [5.41, 5.74) is 1.29. The molecule has 4 heteroatoms.